The molecule has 4 nitrogen and oxygen atoms in total. The second-order valence-electron chi connectivity index (χ2n) is 10.9. The molecular weight excluding hydrogens is 456 g/mol. The summed E-state index contributed by atoms with van der Waals surface area (Å²) in [5, 5.41) is 0. The molecule has 1 aromatic carbocycles. The van der Waals surface area contributed by atoms with Gasteiger partial charge < -0.3 is 19.4 Å². The molecule has 0 bridgehead atoms. The number of ether oxygens (including phenoxy) is 2. The minimum Gasteiger partial charge on any atom is -0.454 e. The van der Waals surface area contributed by atoms with E-state index in [9.17, 15) is 0 Å². The van der Waals surface area contributed by atoms with Crippen LogP contribution in [0.15, 0.2) is 84.2 Å². The van der Waals surface area contributed by atoms with Crippen molar-refractivity contribution in [2.45, 2.75) is 33.6 Å². The van der Waals surface area contributed by atoms with E-state index in [4.69, 9.17) is 9.47 Å². The van der Waals surface area contributed by atoms with Crippen LogP contribution in [0.3, 0.4) is 0 Å². The molecule has 4 heteroatoms. The van der Waals surface area contributed by atoms with Gasteiger partial charge in [0.05, 0.1) is 5.69 Å². The van der Waals surface area contributed by atoms with Crippen LogP contribution in [0.1, 0.15) is 49.2 Å². The van der Waals surface area contributed by atoms with Crippen molar-refractivity contribution in [2.75, 3.05) is 19.9 Å². The third-order valence-electron chi connectivity index (χ3n) is 8.47. The van der Waals surface area contributed by atoms with Gasteiger partial charge in [-0.15, -0.1) is 5.73 Å². The summed E-state index contributed by atoms with van der Waals surface area (Å²) in [7, 11) is 0. The maximum atomic E-state index is 5.61. The normalized spacial score (nSPS) is 22.2. The van der Waals surface area contributed by atoms with Crippen LogP contribution in [0.2, 0.25) is 0 Å². The maximum Gasteiger partial charge on any atom is 0.231 e. The molecule has 188 valence electrons. The van der Waals surface area contributed by atoms with Crippen molar-refractivity contribution in [2.24, 2.45) is 11.3 Å². The molecule has 6 rings (SSSR count). The zero-order valence-corrected chi connectivity index (χ0v) is 22.0. The van der Waals surface area contributed by atoms with E-state index in [1.807, 2.05) is 18.2 Å². The summed E-state index contributed by atoms with van der Waals surface area (Å²) in [6, 6.07) is 8.43. The molecule has 1 N–H and O–H groups in total. The summed E-state index contributed by atoms with van der Waals surface area (Å²) < 4.78 is 11.1. The average molecular weight is 491 g/mol. The van der Waals surface area contributed by atoms with E-state index >= 15 is 0 Å². The molecule has 1 fully saturated rings. The highest BCUT2D eigenvalue weighted by atomic mass is 16.7. The molecule has 0 spiro atoms. The number of aryl methyl sites for hydroxylation is 1. The van der Waals surface area contributed by atoms with Crippen molar-refractivity contribution < 1.29 is 9.47 Å². The maximum absolute atomic E-state index is 5.61. The number of aromatic amines is 1. The van der Waals surface area contributed by atoms with Crippen LogP contribution in [0.5, 0.6) is 11.5 Å². The number of H-pyrrole nitrogens is 1. The summed E-state index contributed by atoms with van der Waals surface area (Å²) in [6.45, 7) is 17.9. The van der Waals surface area contributed by atoms with Crippen molar-refractivity contribution in [3.8, 4) is 11.5 Å². The van der Waals surface area contributed by atoms with Gasteiger partial charge in [0, 0.05) is 42.0 Å². The largest absolute Gasteiger partial charge is 0.454 e. The van der Waals surface area contributed by atoms with Gasteiger partial charge in [0.2, 0.25) is 6.79 Å². The summed E-state index contributed by atoms with van der Waals surface area (Å²) in [6.07, 6.45) is 13.1. The van der Waals surface area contributed by atoms with Crippen LogP contribution < -0.4 is 9.47 Å². The zero-order valence-electron chi connectivity index (χ0n) is 22.0. The lowest BCUT2D eigenvalue weighted by Gasteiger charge is -2.46. The Labute approximate surface area is 219 Å². The Hall–Kier alpha value is -3.88. The second kappa shape index (κ2) is 8.90. The van der Waals surface area contributed by atoms with Crippen LogP contribution in [-0.2, 0) is 0 Å². The summed E-state index contributed by atoms with van der Waals surface area (Å²) >= 11 is 0. The zero-order chi connectivity index (χ0) is 25.7. The van der Waals surface area contributed by atoms with Gasteiger partial charge in [-0.2, -0.15) is 0 Å². The Morgan fingerprint density at radius 1 is 1.05 bits per heavy atom. The van der Waals surface area contributed by atoms with Crippen molar-refractivity contribution >= 4 is 17.3 Å². The number of fused-ring (bicyclic) bond motifs is 2. The van der Waals surface area contributed by atoms with E-state index < -0.39 is 0 Å². The molecule has 2 aliphatic carbocycles. The quantitative estimate of drug-likeness (QED) is 0.454. The molecule has 1 unspecified atom stereocenters. The van der Waals surface area contributed by atoms with Crippen LogP contribution in [0.25, 0.3) is 17.3 Å². The molecule has 4 aliphatic rings. The van der Waals surface area contributed by atoms with Crippen molar-refractivity contribution in [3.05, 3.63) is 107 Å². The predicted molar refractivity (Wildman–Crippen MR) is 151 cm³/mol. The van der Waals surface area contributed by atoms with Crippen LogP contribution in [0.4, 0.5) is 0 Å². The molecule has 0 saturated carbocycles. The first kappa shape index (κ1) is 23.5. The molecule has 37 heavy (non-hydrogen) atoms. The number of piperidine rings is 1. The Morgan fingerprint density at radius 2 is 1.84 bits per heavy atom. The third-order valence-corrected chi connectivity index (χ3v) is 8.47. The fraction of sp³-hybridized carbons (Fsp3) is 0.303. The van der Waals surface area contributed by atoms with Crippen LogP contribution in [0, 0.1) is 18.3 Å². The average Bonchev–Trinajstić information content (AvgIpc) is 3.49. The van der Waals surface area contributed by atoms with Gasteiger partial charge in [-0.25, -0.2) is 0 Å². The number of nitrogens with zero attached hydrogens (tertiary/aromatic N) is 1. The standard InChI is InChI=1S/C33H34N2O2/c1-21-7-6-8-29-27(18-22(2)34-29)30(17-21)35-15-13-33(5,14-16-35)28-11-10-26(23(3)24(28)4)25-9-12-31-32(19-25)37-20-36-31/h7-12,17-19,28,34H,1,4,13-16,20H2,2-3,5H3. The highest BCUT2D eigenvalue weighted by Crippen LogP contribution is 2.49. The molecule has 1 aromatic heterocycles. The number of hydrogen-bond donors (Lipinski definition) is 1. The number of hydrogen-bond acceptors (Lipinski definition) is 3. The highest BCUT2D eigenvalue weighted by molar-refractivity contribution is 5.82. The Balaban J connectivity index is 1.21. The lowest BCUT2D eigenvalue weighted by Crippen LogP contribution is -2.42. The van der Waals surface area contributed by atoms with Crippen LogP contribution in [-0.4, -0.2) is 29.8 Å². The van der Waals surface area contributed by atoms with Gasteiger partial charge >= 0.3 is 0 Å². The van der Waals surface area contributed by atoms with E-state index in [0.29, 0.717) is 12.7 Å². The van der Waals surface area contributed by atoms with Gasteiger partial charge in [-0.05, 0) is 90.3 Å². The summed E-state index contributed by atoms with van der Waals surface area (Å²) in [5.41, 5.74) is 14.0. The minimum absolute atomic E-state index is 0.154. The van der Waals surface area contributed by atoms with E-state index in [1.54, 1.807) is 0 Å². The van der Waals surface area contributed by atoms with Gasteiger partial charge in [0.25, 0.3) is 0 Å². The van der Waals surface area contributed by atoms with E-state index in [2.05, 4.69) is 86.0 Å². The molecule has 0 amide bonds. The monoisotopic (exact) mass is 490 g/mol. The number of rotatable bonds is 3. The molecule has 3 heterocycles. The summed E-state index contributed by atoms with van der Waals surface area (Å²) in [4.78, 5) is 6.01. The van der Waals surface area contributed by atoms with E-state index in [-0.39, 0.29) is 5.41 Å². The number of likely N-dealkylation sites (tertiary alicyclic amines) is 1. The summed E-state index contributed by atoms with van der Waals surface area (Å²) in [5.74, 6) is 1.95. The lowest BCUT2D eigenvalue weighted by molar-refractivity contribution is 0.129. The Bertz CT molecular complexity index is 1460. The van der Waals surface area contributed by atoms with E-state index in [0.717, 1.165) is 60.0 Å². The first-order valence-electron chi connectivity index (χ1n) is 13.1. The van der Waals surface area contributed by atoms with Crippen molar-refractivity contribution in [1.29, 1.82) is 0 Å². The number of aromatic nitrogens is 1. The molecule has 1 saturated heterocycles. The topological polar surface area (TPSA) is 37.5 Å². The predicted octanol–water partition coefficient (Wildman–Crippen LogP) is 7.45. The number of allylic oxidation sites excluding steroid dienone is 8. The first-order chi connectivity index (χ1) is 17.8. The number of nitrogens with one attached hydrogen (secondary N) is 1. The molecule has 2 aromatic rings. The van der Waals surface area contributed by atoms with Crippen molar-refractivity contribution in [3.63, 3.8) is 0 Å². The molecule has 2 aliphatic heterocycles. The SMILES string of the molecule is C=C1C=C=Cc2[nH]c(C)cc2C(N2CCC(C)(C3C=CC(c4ccc5c(c4)OCO5)=C(C)C3=C)CC2)=C1. The molecule has 1 atom stereocenters. The minimum atomic E-state index is 0.154. The highest BCUT2D eigenvalue weighted by Gasteiger charge is 2.40. The van der Waals surface area contributed by atoms with Gasteiger partial charge in [-0.1, -0.05) is 38.3 Å². The fourth-order valence-electron chi connectivity index (χ4n) is 6.16. The third kappa shape index (κ3) is 4.12. The molecule has 0 radical (unpaired) electrons. The van der Waals surface area contributed by atoms with Crippen molar-refractivity contribution in [1.82, 2.24) is 9.88 Å². The van der Waals surface area contributed by atoms with Gasteiger partial charge in [0.15, 0.2) is 11.5 Å². The van der Waals surface area contributed by atoms with Gasteiger partial charge in [-0.3, -0.25) is 0 Å². The Kier molecular flexibility index (Phi) is 5.66. The first-order valence-corrected chi connectivity index (χ1v) is 13.1. The van der Waals surface area contributed by atoms with Gasteiger partial charge in [0.1, 0.15) is 0 Å². The fourth-order valence-corrected chi connectivity index (χ4v) is 6.16. The smallest absolute Gasteiger partial charge is 0.231 e. The lowest BCUT2D eigenvalue weighted by atomic mass is 9.64. The molecular formula is C33H34N2O2. The number of benzene rings is 1. The second-order valence-corrected chi connectivity index (χ2v) is 10.9. The van der Waals surface area contributed by atoms with Crippen LogP contribution >= 0.6 is 0 Å². The Morgan fingerprint density at radius 3 is 2.65 bits per heavy atom. The van der Waals surface area contributed by atoms with E-state index in [1.165, 1.54) is 28.0 Å².